The fraction of sp³-hybridized carbons (Fsp3) is 0.429. The molecule has 0 fully saturated rings. The first-order chi connectivity index (χ1) is 6.86. The summed E-state index contributed by atoms with van der Waals surface area (Å²) in [7, 11) is 0. The summed E-state index contributed by atoms with van der Waals surface area (Å²) in [6.45, 7) is 4.39. The molecule has 0 bridgehead atoms. The Balaban J connectivity index is -0.000000196. The van der Waals surface area contributed by atoms with Crippen LogP contribution in [-0.4, -0.2) is 23.1 Å². The predicted molar refractivity (Wildman–Crippen MR) is 72.2 cm³/mol. The zero-order valence-electron chi connectivity index (χ0n) is 12.0. The Bertz CT molecular complexity index is 259. The van der Waals surface area contributed by atoms with Crippen LogP contribution in [0.1, 0.15) is 42.4 Å². The number of rotatable bonds is 2. The average Bonchev–Trinajstić information content (AvgIpc) is 2.92. The summed E-state index contributed by atoms with van der Waals surface area (Å²) in [5.74, 6) is 0. The summed E-state index contributed by atoms with van der Waals surface area (Å²) in [4.78, 5) is 0. The van der Waals surface area contributed by atoms with Gasteiger partial charge in [-0.05, 0) is 25.7 Å². The van der Waals surface area contributed by atoms with Crippen LogP contribution in [0, 0.1) is 0 Å². The van der Waals surface area contributed by atoms with Crippen LogP contribution in [0.5, 0.6) is 0 Å². The van der Waals surface area contributed by atoms with Crippen LogP contribution < -0.4 is 0 Å². The Hall–Kier alpha value is -0.274. The molecule has 0 nitrogen and oxygen atoms in total. The molecule has 0 amide bonds. The smallest absolute Gasteiger partial charge is 1.00 e. The molecule has 15 heavy (non-hydrogen) atoms. The van der Waals surface area contributed by atoms with E-state index in [4.69, 9.17) is 0 Å². The van der Waals surface area contributed by atoms with E-state index in [1.54, 1.807) is 11.1 Å². The minimum Gasteiger partial charge on any atom is -1.00 e. The van der Waals surface area contributed by atoms with Crippen LogP contribution in [0.3, 0.4) is 0 Å². The van der Waals surface area contributed by atoms with Crippen molar-refractivity contribution >= 4 is 23.1 Å². The fourth-order valence-electron chi connectivity index (χ4n) is 1.51. The van der Waals surface area contributed by atoms with Crippen LogP contribution in [0.2, 0.25) is 0 Å². The predicted octanol–water partition coefficient (Wildman–Crippen LogP) is 4.41. The Morgan fingerprint density at radius 3 is 1.47 bits per heavy atom. The van der Waals surface area contributed by atoms with Gasteiger partial charge in [0.05, 0.1) is 0 Å². The van der Waals surface area contributed by atoms with Crippen molar-refractivity contribution in [1.29, 1.82) is 0 Å². The molecular weight excluding hydrogens is 192 g/mol. The van der Waals surface area contributed by atoms with E-state index in [1.807, 2.05) is 0 Å². The first kappa shape index (κ1) is 14.7. The molecule has 0 atom stereocenters. The molecule has 0 aromatic carbocycles. The van der Waals surface area contributed by atoms with E-state index >= 15 is 0 Å². The van der Waals surface area contributed by atoms with Crippen LogP contribution in [0.25, 0.3) is 0 Å². The van der Waals surface area contributed by atoms with E-state index in [-0.39, 0.29) is 25.9 Å². The molecule has 0 aliphatic heterocycles. The molecule has 0 saturated carbocycles. The molecule has 0 aromatic rings. The first-order valence-corrected chi connectivity index (χ1v) is 5.56. The van der Waals surface area contributed by atoms with E-state index in [0.29, 0.717) is 0 Å². The largest absolute Gasteiger partial charge is 2.00 e. The zero-order valence-corrected chi connectivity index (χ0v) is 11.4. The van der Waals surface area contributed by atoms with Gasteiger partial charge in [-0.1, -0.05) is 61.4 Å². The van der Waals surface area contributed by atoms with Gasteiger partial charge >= 0.3 is 23.1 Å². The second-order valence-electron chi connectivity index (χ2n) is 3.62. The van der Waals surface area contributed by atoms with Crippen molar-refractivity contribution in [3.63, 3.8) is 0 Å². The Morgan fingerprint density at radius 2 is 1.33 bits per heavy atom. The van der Waals surface area contributed by atoms with Gasteiger partial charge in [0, 0.05) is 0 Å². The number of hydrogen-bond donors (Lipinski definition) is 0. The third-order valence-corrected chi connectivity index (χ3v) is 2.60. The number of hydrogen-bond acceptors (Lipinski definition) is 0. The minimum absolute atomic E-state index is 0. The molecule has 0 unspecified atom stereocenters. The summed E-state index contributed by atoms with van der Waals surface area (Å²) < 4.78 is 0. The third kappa shape index (κ3) is 6.01. The van der Waals surface area contributed by atoms with Crippen molar-refractivity contribution in [3.8, 4) is 0 Å². The molecule has 0 N–H and O–H groups in total. The minimum atomic E-state index is 0. The average molecular weight is 215 g/mol. The van der Waals surface area contributed by atoms with Gasteiger partial charge in [-0.3, -0.25) is 0 Å². The van der Waals surface area contributed by atoms with E-state index in [1.165, 1.54) is 25.7 Å². The SMILES string of the molecule is CCC1=CC=CC1.CCC1=CC=CC1.[H-].[H-].[Mg+2]. The third-order valence-electron chi connectivity index (χ3n) is 2.60. The molecular formula is C14H22Mg. The number of allylic oxidation sites excluding steroid dienone is 8. The van der Waals surface area contributed by atoms with Gasteiger partial charge in [-0.25, -0.2) is 0 Å². The Kier molecular flexibility index (Phi) is 8.82. The standard InChI is InChI=1S/2C7H10.Mg.2H/c2*1-2-7-5-3-4-6-7;;;/h2*3-5H,2,6H2,1H3;;;/q;;+2;2*-1. The molecule has 0 aromatic heterocycles. The molecule has 2 aliphatic carbocycles. The Labute approximate surface area is 113 Å². The van der Waals surface area contributed by atoms with E-state index in [2.05, 4.69) is 50.3 Å². The van der Waals surface area contributed by atoms with Crippen molar-refractivity contribution in [1.82, 2.24) is 0 Å². The van der Waals surface area contributed by atoms with Crippen LogP contribution in [0.4, 0.5) is 0 Å². The Morgan fingerprint density at radius 1 is 0.933 bits per heavy atom. The van der Waals surface area contributed by atoms with Crippen molar-refractivity contribution in [2.45, 2.75) is 39.5 Å². The quantitative estimate of drug-likeness (QED) is 0.598. The summed E-state index contributed by atoms with van der Waals surface area (Å²) in [5, 5.41) is 0. The van der Waals surface area contributed by atoms with Gasteiger partial charge < -0.3 is 2.85 Å². The summed E-state index contributed by atoms with van der Waals surface area (Å²) in [6.07, 6.45) is 17.8. The summed E-state index contributed by atoms with van der Waals surface area (Å²) in [5.41, 5.74) is 3.11. The van der Waals surface area contributed by atoms with Gasteiger partial charge in [0.1, 0.15) is 0 Å². The maximum atomic E-state index is 2.19. The van der Waals surface area contributed by atoms with Crippen LogP contribution in [0.15, 0.2) is 47.6 Å². The van der Waals surface area contributed by atoms with Crippen LogP contribution in [-0.2, 0) is 0 Å². The zero-order chi connectivity index (χ0) is 10.2. The molecule has 0 saturated heterocycles. The molecule has 2 aliphatic rings. The maximum absolute atomic E-state index is 2.19. The van der Waals surface area contributed by atoms with Crippen molar-refractivity contribution in [3.05, 3.63) is 47.6 Å². The molecule has 2 rings (SSSR count). The van der Waals surface area contributed by atoms with E-state index in [9.17, 15) is 0 Å². The summed E-state index contributed by atoms with van der Waals surface area (Å²) in [6, 6.07) is 0. The van der Waals surface area contributed by atoms with Crippen molar-refractivity contribution in [2.24, 2.45) is 0 Å². The van der Waals surface area contributed by atoms with E-state index < -0.39 is 0 Å². The topological polar surface area (TPSA) is 0 Å². The molecule has 1 heteroatoms. The molecule has 0 spiro atoms. The summed E-state index contributed by atoms with van der Waals surface area (Å²) >= 11 is 0. The van der Waals surface area contributed by atoms with Gasteiger partial charge in [0.25, 0.3) is 0 Å². The molecule has 0 radical (unpaired) electrons. The van der Waals surface area contributed by atoms with Gasteiger partial charge in [0.15, 0.2) is 0 Å². The van der Waals surface area contributed by atoms with E-state index in [0.717, 1.165) is 0 Å². The maximum Gasteiger partial charge on any atom is 2.00 e. The normalized spacial score (nSPS) is 16.4. The van der Waals surface area contributed by atoms with Crippen molar-refractivity contribution in [2.75, 3.05) is 0 Å². The van der Waals surface area contributed by atoms with Gasteiger partial charge in [0.2, 0.25) is 0 Å². The van der Waals surface area contributed by atoms with Crippen LogP contribution >= 0.6 is 0 Å². The van der Waals surface area contributed by atoms with Gasteiger partial charge in [-0.2, -0.15) is 0 Å². The first-order valence-electron chi connectivity index (χ1n) is 5.56. The second kappa shape index (κ2) is 8.99. The monoisotopic (exact) mass is 214 g/mol. The van der Waals surface area contributed by atoms with Gasteiger partial charge in [-0.15, -0.1) is 0 Å². The van der Waals surface area contributed by atoms with Crippen molar-refractivity contribution < 1.29 is 2.85 Å². The molecule has 80 valence electrons. The second-order valence-corrected chi connectivity index (χ2v) is 3.62. The molecule has 0 heterocycles. The fourth-order valence-corrected chi connectivity index (χ4v) is 1.51.